The number of hydrogen-bond donors (Lipinski definition) is 1. The summed E-state index contributed by atoms with van der Waals surface area (Å²) >= 11 is 2.11. The molecule has 15 heavy (non-hydrogen) atoms. The maximum atomic E-state index is 5.82. The van der Waals surface area contributed by atoms with Crippen molar-refractivity contribution in [3.63, 3.8) is 0 Å². The SMILES string of the molecule is NCCC1(N2CCSCC2)CCCCC1. The average Bonchev–Trinajstić information content (AvgIpc) is 2.32. The largest absolute Gasteiger partial charge is 0.330 e. The van der Waals surface area contributed by atoms with Gasteiger partial charge in [-0.15, -0.1) is 0 Å². The van der Waals surface area contributed by atoms with Crippen LogP contribution in [0.5, 0.6) is 0 Å². The first-order valence-corrected chi connectivity index (χ1v) is 7.56. The highest BCUT2D eigenvalue weighted by Crippen LogP contribution is 2.37. The molecule has 0 atom stereocenters. The van der Waals surface area contributed by atoms with Crippen molar-refractivity contribution in [1.29, 1.82) is 0 Å². The van der Waals surface area contributed by atoms with Gasteiger partial charge < -0.3 is 5.73 Å². The Morgan fingerprint density at radius 1 is 1.07 bits per heavy atom. The summed E-state index contributed by atoms with van der Waals surface area (Å²) in [6.45, 7) is 3.46. The van der Waals surface area contributed by atoms with Crippen molar-refractivity contribution in [3.8, 4) is 0 Å². The predicted octanol–water partition coefficient (Wildman–Crippen LogP) is 2.09. The van der Waals surface area contributed by atoms with Crippen LogP contribution in [0.15, 0.2) is 0 Å². The van der Waals surface area contributed by atoms with Crippen molar-refractivity contribution in [1.82, 2.24) is 4.90 Å². The molecular formula is C12H24N2S. The molecule has 1 aliphatic carbocycles. The zero-order valence-corrected chi connectivity index (χ0v) is 10.5. The Labute approximate surface area is 98.0 Å². The van der Waals surface area contributed by atoms with Crippen LogP contribution in [0.2, 0.25) is 0 Å². The molecule has 0 bridgehead atoms. The lowest BCUT2D eigenvalue weighted by molar-refractivity contribution is 0.0531. The van der Waals surface area contributed by atoms with Gasteiger partial charge >= 0.3 is 0 Å². The van der Waals surface area contributed by atoms with E-state index in [9.17, 15) is 0 Å². The van der Waals surface area contributed by atoms with Gasteiger partial charge in [-0.25, -0.2) is 0 Å². The summed E-state index contributed by atoms with van der Waals surface area (Å²) in [5.74, 6) is 2.65. The molecule has 3 heteroatoms. The van der Waals surface area contributed by atoms with Gasteiger partial charge in [-0.2, -0.15) is 11.8 Å². The summed E-state index contributed by atoms with van der Waals surface area (Å²) in [4.78, 5) is 2.76. The van der Waals surface area contributed by atoms with Crippen molar-refractivity contribution >= 4 is 11.8 Å². The Hall–Kier alpha value is 0.270. The average molecular weight is 228 g/mol. The number of nitrogens with two attached hydrogens (primary N) is 1. The zero-order valence-electron chi connectivity index (χ0n) is 9.71. The van der Waals surface area contributed by atoms with Crippen molar-refractivity contribution in [3.05, 3.63) is 0 Å². The quantitative estimate of drug-likeness (QED) is 0.802. The van der Waals surface area contributed by atoms with E-state index in [1.807, 2.05) is 0 Å². The van der Waals surface area contributed by atoms with Crippen LogP contribution in [-0.4, -0.2) is 41.6 Å². The fourth-order valence-electron chi connectivity index (χ4n) is 3.24. The Morgan fingerprint density at radius 3 is 2.33 bits per heavy atom. The molecule has 1 saturated heterocycles. The van der Waals surface area contributed by atoms with Gasteiger partial charge in [0.25, 0.3) is 0 Å². The molecule has 1 heterocycles. The molecular weight excluding hydrogens is 204 g/mol. The Morgan fingerprint density at radius 2 is 1.73 bits per heavy atom. The second kappa shape index (κ2) is 5.55. The smallest absolute Gasteiger partial charge is 0.0222 e. The molecule has 2 fully saturated rings. The molecule has 1 aliphatic heterocycles. The van der Waals surface area contributed by atoms with E-state index in [0.29, 0.717) is 5.54 Å². The van der Waals surface area contributed by atoms with E-state index < -0.39 is 0 Å². The van der Waals surface area contributed by atoms with Gasteiger partial charge in [-0.05, 0) is 25.8 Å². The minimum absolute atomic E-state index is 0.494. The monoisotopic (exact) mass is 228 g/mol. The van der Waals surface area contributed by atoms with Crippen LogP contribution in [0.3, 0.4) is 0 Å². The minimum Gasteiger partial charge on any atom is -0.330 e. The van der Waals surface area contributed by atoms with Crippen LogP contribution >= 0.6 is 11.8 Å². The molecule has 2 N–H and O–H groups in total. The molecule has 2 aliphatic rings. The van der Waals surface area contributed by atoms with Crippen molar-refractivity contribution in [2.75, 3.05) is 31.1 Å². The second-order valence-electron chi connectivity index (χ2n) is 4.92. The van der Waals surface area contributed by atoms with Gasteiger partial charge in [-0.1, -0.05) is 19.3 Å². The van der Waals surface area contributed by atoms with E-state index in [1.165, 1.54) is 63.1 Å². The molecule has 0 amide bonds. The standard InChI is InChI=1S/C12H24N2S/c13-7-6-12(4-2-1-3-5-12)14-8-10-15-11-9-14/h1-11,13H2. The molecule has 1 saturated carbocycles. The zero-order chi connectivity index (χ0) is 10.6. The molecule has 0 aromatic heterocycles. The van der Waals surface area contributed by atoms with Crippen LogP contribution < -0.4 is 5.73 Å². The van der Waals surface area contributed by atoms with Crippen molar-refractivity contribution < 1.29 is 0 Å². The topological polar surface area (TPSA) is 29.3 Å². The molecule has 2 nitrogen and oxygen atoms in total. The molecule has 2 rings (SSSR count). The fourth-order valence-corrected chi connectivity index (χ4v) is 4.14. The summed E-state index contributed by atoms with van der Waals surface area (Å²) in [5, 5.41) is 0. The van der Waals surface area contributed by atoms with E-state index >= 15 is 0 Å². The van der Waals surface area contributed by atoms with E-state index in [4.69, 9.17) is 5.73 Å². The van der Waals surface area contributed by atoms with E-state index in [0.717, 1.165) is 6.54 Å². The Kier molecular flexibility index (Phi) is 4.35. The highest BCUT2D eigenvalue weighted by Gasteiger charge is 2.37. The summed E-state index contributed by atoms with van der Waals surface area (Å²) in [6.07, 6.45) is 8.30. The Bertz CT molecular complexity index is 179. The van der Waals surface area contributed by atoms with Crippen molar-refractivity contribution in [2.45, 2.75) is 44.1 Å². The van der Waals surface area contributed by atoms with Gasteiger partial charge in [-0.3, -0.25) is 4.90 Å². The third-order valence-corrected chi connectivity index (χ3v) is 5.02. The first-order chi connectivity index (χ1) is 7.37. The number of nitrogens with zero attached hydrogens (tertiary/aromatic N) is 1. The Balaban J connectivity index is 2.01. The number of hydrogen-bond acceptors (Lipinski definition) is 3. The highest BCUT2D eigenvalue weighted by molar-refractivity contribution is 7.99. The lowest BCUT2D eigenvalue weighted by Crippen LogP contribution is -2.54. The van der Waals surface area contributed by atoms with Crippen molar-refractivity contribution in [2.24, 2.45) is 5.73 Å². The summed E-state index contributed by atoms with van der Waals surface area (Å²) in [7, 11) is 0. The minimum atomic E-state index is 0.494. The predicted molar refractivity (Wildman–Crippen MR) is 68.4 cm³/mol. The van der Waals surface area contributed by atoms with E-state index in [-0.39, 0.29) is 0 Å². The molecule has 0 spiro atoms. The lowest BCUT2D eigenvalue weighted by Gasteiger charge is -2.48. The van der Waals surface area contributed by atoms with Crippen LogP contribution in [0.1, 0.15) is 38.5 Å². The van der Waals surface area contributed by atoms with Crippen LogP contribution in [0.25, 0.3) is 0 Å². The molecule has 88 valence electrons. The normalized spacial score (nSPS) is 27.8. The van der Waals surface area contributed by atoms with E-state index in [2.05, 4.69) is 16.7 Å². The first-order valence-electron chi connectivity index (χ1n) is 6.40. The molecule has 0 unspecified atom stereocenters. The van der Waals surface area contributed by atoms with Gasteiger partial charge in [0.2, 0.25) is 0 Å². The molecule has 0 aromatic rings. The molecule has 0 radical (unpaired) electrons. The maximum Gasteiger partial charge on any atom is 0.0222 e. The van der Waals surface area contributed by atoms with Gasteiger partial charge in [0.05, 0.1) is 0 Å². The number of thioether (sulfide) groups is 1. The molecule has 0 aromatic carbocycles. The summed E-state index contributed by atoms with van der Waals surface area (Å²) in [5.41, 5.74) is 6.31. The third kappa shape index (κ3) is 2.69. The third-order valence-electron chi connectivity index (χ3n) is 4.08. The summed E-state index contributed by atoms with van der Waals surface area (Å²) < 4.78 is 0. The van der Waals surface area contributed by atoms with Gasteiger partial charge in [0, 0.05) is 30.1 Å². The number of rotatable bonds is 3. The van der Waals surface area contributed by atoms with Crippen LogP contribution in [0.4, 0.5) is 0 Å². The van der Waals surface area contributed by atoms with Gasteiger partial charge in [0.1, 0.15) is 0 Å². The summed E-state index contributed by atoms with van der Waals surface area (Å²) in [6, 6.07) is 0. The van der Waals surface area contributed by atoms with Crippen LogP contribution in [0, 0.1) is 0 Å². The lowest BCUT2D eigenvalue weighted by atomic mass is 9.78. The van der Waals surface area contributed by atoms with Crippen LogP contribution in [-0.2, 0) is 0 Å². The second-order valence-corrected chi connectivity index (χ2v) is 6.15. The first kappa shape index (κ1) is 11.7. The van der Waals surface area contributed by atoms with Gasteiger partial charge in [0.15, 0.2) is 0 Å². The maximum absolute atomic E-state index is 5.82. The fraction of sp³-hybridized carbons (Fsp3) is 1.00. The highest BCUT2D eigenvalue weighted by atomic mass is 32.2. The van der Waals surface area contributed by atoms with E-state index in [1.54, 1.807) is 0 Å².